The number of furan rings is 1. The molecule has 0 saturated carbocycles. The average molecular weight is 268 g/mol. The third-order valence-electron chi connectivity index (χ3n) is 2.98. The van der Waals surface area contributed by atoms with Crippen molar-refractivity contribution >= 4 is 5.69 Å². The second kappa shape index (κ2) is 5.21. The summed E-state index contributed by atoms with van der Waals surface area (Å²) >= 11 is 0. The average Bonchev–Trinajstić information content (AvgIpc) is 3.06. The summed E-state index contributed by atoms with van der Waals surface area (Å²) in [6.07, 6.45) is 0. The molecule has 0 atom stereocenters. The Morgan fingerprint density at radius 2 is 2.10 bits per heavy atom. The normalized spacial score (nSPS) is 10.7. The lowest BCUT2D eigenvalue weighted by Gasteiger charge is -2.05. The maximum Gasteiger partial charge on any atom is 0.181 e. The lowest BCUT2D eigenvalue weighted by Crippen LogP contribution is -1.98. The number of nitrogens with zero attached hydrogens (tertiary/aromatic N) is 2. The van der Waals surface area contributed by atoms with Crippen molar-refractivity contribution in [3.05, 3.63) is 53.7 Å². The van der Waals surface area contributed by atoms with E-state index in [0.29, 0.717) is 12.4 Å². The highest BCUT2D eigenvalue weighted by Gasteiger charge is 2.05. The molecule has 0 fully saturated rings. The third-order valence-corrected chi connectivity index (χ3v) is 2.98. The third kappa shape index (κ3) is 2.71. The van der Waals surface area contributed by atoms with Gasteiger partial charge < -0.3 is 9.73 Å². The number of aryl methyl sites for hydroxylation is 2. The van der Waals surface area contributed by atoms with Crippen molar-refractivity contribution in [1.29, 1.82) is 0 Å². The van der Waals surface area contributed by atoms with Crippen LogP contribution in [0, 0.1) is 13.8 Å². The molecule has 0 unspecified atom stereocenters. The second-order valence-corrected chi connectivity index (χ2v) is 4.69. The van der Waals surface area contributed by atoms with E-state index >= 15 is 0 Å². The molecule has 5 heteroatoms. The highest BCUT2D eigenvalue weighted by molar-refractivity contribution is 5.62. The van der Waals surface area contributed by atoms with E-state index in [-0.39, 0.29) is 0 Å². The number of benzene rings is 1. The van der Waals surface area contributed by atoms with Gasteiger partial charge in [-0.25, -0.2) is 4.98 Å². The first kappa shape index (κ1) is 12.5. The maximum atomic E-state index is 5.53. The summed E-state index contributed by atoms with van der Waals surface area (Å²) in [6.45, 7) is 4.48. The molecule has 0 aliphatic rings. The molecule has 0 aliphatic heterocycles. The van der Waals surface area contributed by atoms with E-state index < -0.39 is 0 Å². The summed E-state index contributed by atoms with van der Waals surface area (Å²) in [5.74, 6) is 3.36. The Morgan fingerprint density at radius 1 is 1.20 bits per heavy atom. The van der Waals surface area contributed by atoms with Crippen LogP contribution < -0.4 is 5.32 Å². The van der Waals surface area contributed by atoms with Gasteiger partial charge >= 0.3 is 0 Å². The minimum atomic E-state index is 0.657. The predicted octanol–water partition coefficient (Wildman–Crippen LogP) is 3.29. The van der Waals surface area contributed by atoms with Gasteiger partial charge in [-0.1, -0.05) is 12.1 Å². The number of rotatable bonds is 4. The van der Waals surface area contributed by atoms with Crippen molar-refractivity contribution in [3.63, 3.8) is 0 Å². The maximum absolute atomic E-state index is 5.53. The van der Waals surface area contributed by atoms with E-state index in [1.165, 1.54) is 0 Å². The van der Waals surface area contributed by atoms with Crippen molar-refractivity contribution < 1.29 is 4.42 Å². The highest BCUT2D eigenvalue weighted by atomic mass is 16.3. The largest absolute Gasteiger partial charge is 0.465 e. The molecule has 20 heavy (non-hydrogen) atoms. The van der Waals surface area contributed by atoms with E-state index in [0.717, 1.165) is 28.6 Å². The first-order chi connectivity index (χ1) is 9.70. The molecule has 0 amide bonds. The van der Waals surface area contributed by atoms with Gasteiger partial charge in [-0.3, -0.25) is 5.10 Å². The van der Waals surface area contributed by atoms with E-state index in [1.54, 1.807) is 0 Å². The molecule has 0 aliphatic carbocycles. The standard InChI is InChI=1S/C15H16N4O/c1-10-6-7-14(20-10)9-16-13-5-3-4-12(8-13)15-17-11(2)18-19-15/h3-8,16H,9H2,1-2H3,(H,17,18,19). The smallest absolute Gasteiger partial charge is 0.181 e. The lowest BCUT2D eigenvalue weighted by atomic mass is 10.2. The molecule has 2 heterocycles. The van der Waals surface area contributed by atoms with Crippen LogP contribution in [0.25, 0.3) is 11.4 Å². The Morgan fingerprint density at radius 3 is 2.80 bits per heavy atom. The molecule has 0 spiro atoms. The Labute approximate surface area is 117 Å². The number of nitrogens with one attached hydrogen (secondary N) is 2. The van der Waals surface area contributed by atoms with Crippen molar-refractivity contribution in [3.8, 4) is 11.4 Å². The molecule has 3 aromatic rings. The SMILES string of the molecule is Cc1nc(-c2cccc(NCc3ccc(C)o3)c2)n[nH]1. The quantitative estimate of drug-likeness (QED) is 0.762. The molecule has 0 radical (unpaired) electrons. The van der Waals surface area contributed by atoms with Gasteiger partial charge in [-0.05, 0) is 38.1 Å². The van der Waals surface area contributed by atoms with Crippen LogP contribution in [-0.2, 0) is 6.54 Å². The summed E-state index contributed by atoms with van der Waals surface area (Å²) in [5, 5.41) is 10.3. The van der Waals surface area contributed by atoms with Gasteiger partial charge in [0.2, 0.25) is 0 Å². The first-order valence-corrected chi connectivity index (χ1v) is 6.49. The Balaban J connectivity index is 1.74. The fourth-order valence-electron chi connectivity index (χ4n) is 2.01. The molecule has 2 aromatic heterocycles. The monoisotopic (exact) mass is 268 g/mol. The van der Waals surface area contributed by atoms with Crippen molar-refractivity contribution in [1.82, 2.24) is 15.2 Å². The molecule has 5 nitrogen and oxygen atoms in total. The number of hydrogen-bond acceptors (Lipinski definition) is 4. The van der Waals surface area contributed by atoms with Gasteiger partial charge in [0, 0.05) is 11.3 Å². The van der Waals surface area contributed by atoms with Crippen LogP contribution in [0.3, 0.4) is 0 Å². The predicted molar refractivity (Wildman–Crippen MR) is 77.3 cm³/mol. The molecule has 1 aromatic carbocycles. The topological polar surface area (TPSA) is 66.7 Å². The Kier molecular flexibility index (Phi) is 3.25. The van der Waals surface area contributed by atoms with Gasteiger partial charge in [0.1, 0.15) is 17.3 Å². The summed E-state index contributed by atoms with van der Waals surface area (Å²) in [6, 6.07) is 12.0. The van der Waals surface area contributed by atoms with Crippen LogP contribution in [0.2, 0.25) is 0 Å². The first-order valence-electron chi connectivity index (χ1n) is 6.49. The molecular formula is C15H16N4O. The fourth-order valence-corrected chi connectivity index (χ4v) is 2.01. The molecule has 3 rings (SSSR count). The van der Waals surface area contributed by atoms with Gasteiger partial charge in [0.25, 0.3) is 0 Å². The van der Waals surface area contributed by atoms with Crippen molar-refractivity contribution in [2.75, 3.05) is 5.32 Å². The minimum absolute atomic E-state index is 0.657. The highest BCUT2D eigenvalue weighted by Crippen LogP contribution is 2.20. The minimum Gasteiger partial charge on any atom is -0.465 e. The molecule has 0 bridgehead atoms. The van der Waals surface area contributed by atoms with E-state index in [4.69, 9.17) is 4.42 Å². The van der Waals surface area contributed by atoms with Crippen LogP contribution in [0.5, 0.6) is 0 Å². The fraction of sp³-hybridized carbons (Fsp3) is 0.200. The van der Waals surface area contributed by atoms with Crippen LogP contribution in [-0.4, -0.2) is 15.2 Å². The summed E-state index contributed by atoms with van der Waals surface area (Å²) < 4.78 is 5.53. The molecular weight excluding hydrogens is 252 g/mol. The van der Waals surface area contributed by atoms with Gasteiger partial charge in [0.15, 0.2) is 5.82 Å². The molecule has 2 N–H and O–H groups in total. The number of anilines is 1. The summed E-state index contributed by atoms with van der Waals surface area (Å²) in [7, 11) is 0. The van der Waals surface area contributed by atoms with E-state index in [2.05, 4.69) is 20.5 Å². The molecule has 102 valence electrons. The van der Waals surface area contributed by atoms with Gasteiger partial charge in [-0.15, -0.1) is 0 Å². The second-order valence-electron chi connectivity index (χ2n) is 4.69. The lowest BCUT2D eigenvalue weighted by molar-refractivity contribution is 0.490. The molecule has 0 saturated heterocycles. The van der Waals surface area contributed by atoms with Crippen LogP contribution in [0.4, 0.5) is 5.69 Å². The summed E-state index contributed by atoms with van der Waals surface area (Å²) in [5.41, 5.74) is 1.99. The summed E-state index contributed by atoms with van der Waals surface area (Å²) in [4.78, 5) is 4.33. The zero-order valence-electron chi connectivity index (χ0n) is 11.5. The zero-order valence-corrected chi connectivity index (χ0v) is 11.5. The number of H-pyrrole nitrogens is 1. The zero-order chi connectivity index (χ0) is 13.9. The van der Waals surface area contributed by atoms with Crippen molar-refractivity contribution in [2.45, 2.75) is 20.4 Å². The number of aromatic amines is 1. The Bertz CT molecular complexity index is 714. The number of aromatic nitrogens is 3. The van der Waals surface area contributed by atoms with Crippen LogP contribution in [0.15, 0.2) is 40.8 Å². The van der Waals surface area contributed by atoms with Crippen LogP contribution >= 0.6 is 0 Å². The number of hydrogen-bond donors (Lipinski definition) is 2. The van der Waals surface area contributed by atoms with E-state index in [1.807, 2.05) is 50.2 Å². The van der Waals surface area contributed by atoms with Crippen LogP contribution in [0.1, 0.15) is 17.3 Å². The van der Waals surface area contributed by atoms with Crippen molar-refractivity contribution in [2.24, 2.45) is 0 Å². The Hall–Kier alpha value is -2.56. The van der Waals surface area contributed by atoms with E-state index in [9.17, 15) is 0 Å². The van der Waals surface area contributed by atoms with Gasteiger partial charge in [0.05, 0.1) is 6.54 Å². The van der Waals surface area contributed by atoms with Gasteiger partial charge in [-0.2, -0.15) is 5.10 Å².